The molecule has 0 aromatic carbocycles. The van der Waals surface area contributed by atoms with Crippen LogP contribution in [0.5, 0.6) is 0 Å². The Balaban J connectivity index is 1.95. The minimum absolute atomic E-state index is 0.107. The third-order valence-electron chi connectivity index (χ3n) is 3.91. The number of imidazole rings is 1. The molecule has 0 atom stereocenters. The maximum atomic E-state index is 6.42. The molecule has 0 saturated heterocycles. The molecule has 1 aromatic heterocycles. The summed E-state index contributed by atoms with van der Waals surface area (Å²) in [5, 5.41) is 0. The molecule has 3 heteroatoms. The van der Waals surface area contributed by atoms with Crippen LogP contribution in [0.4, 0.5) is 0 Å². The monoisotopic (exact) mass is 205 g/mol. The van der Waals surface area contributed by atoms with Gasteiger partial charge in [-0.3, -0.25) is 0 Å². The summed E-state index contributed by atoms with van der Waals surface area (Å²) < 4.78 is 2.31. The van der Waals surface area contributed by atoms with Crippen molar-refractivity contribution in [2.75, 3.05) is 0 Å². The molecule has 1 aliphatic carbocycles. The van der Waals surface area contributed by atoms with Crippen molar-refractivity contribution >= 4 is 0 Å². The number of nitrogens with two attached hydrogens (primary N) is 1. The molecule has 0 radical (unpaired) electrons. The fourth-order valence-corrected chi connectivity index (χ4v) is 2.91. The number of aromatic nitrogens is 2. The molecule has 15 heavy (non-hydrogen) atoms. The van der Waals surface area contributed by atoms with Crippen molar-refractivity contribution in [1.29, 1.82) is 0 Å². The third kappa shape index (κ3) is 1.49. The number of nitrogens with zero attached hydrogens (tertiary/aromatic N) is 2. The van der Waals surface area contributed by atoms with Crippen LogP contribution in [0.25, 0.3) is 0 Å². The Hall–Kier alpha value is -0.830. The molecular formula is C12H19N3. The van der Waals surface area contributed by atoms with E-state index in [-0.39, 0.29) is 5.54 Å². The van der Waals surface area contributed by atoms with Crippen molar-refractivity contribution in [2.24, 2.45) is 5.73 Å². The molecular weight excluding hydrogens is 186 g/mol. The molecule has 2 aliphatic rings. The minimum atomic E-state index is -0.107. The first-order valence-electron chi connectivity index (χ1n) is 6.13. The van der Waals surface area contributed by atoms with Crippen molar-refractivity contribution in [2.45, 2.75) is 57.0 Å². The van der Waals surface area contributed by atoms with E-state index in [1.807, 2.05) is 0 Å². The topological polar surface area (TPSA) is 43.8 Å². The Morgan fingerprint density at radius 3 is 2.73 bits per heavy atom. The zero-order valence-electron chi connectivity index (χ0n) is 9.21. The lowest BCUT2D eigenvalue weighted by molar-refractivity contribution is 0.448. The molecule has 0 amide bonds. The van der Waals surface area contributed by atoms with Gasteiger partial charge in [0.2, 0.25) is 0 Å². The van der Waals surface area contributed by atoms with Crippen LogP contribution in [0.2, 0.25) is 0 Å². The Morgan fingerprint density at radius 1 is 1.20 bits per heavy atom. The van der Waals surface area contributed by atoms with Gasteiger partial charge in [-0.2, -0.15) is 0 Å². The molecule has 0 spiro atoms. The lowest BCUT2D eigenvalue weighted by Gasteiger charge is -2.20. The summed E-state index contributed by atoms with van der Waals surface area (Å²) in [6, 6.07) is 0. The molecule has 3 nitrogen and oxygen atoms in total. The molecule has 82 valence electrons. The van der Waals surface area contributed by atoms with Gasteiger partial charge in [0, 0.05) is 19.2 Å². The van der Waals surface area contributed by atoms with E-state index in [2.05, 4.69) is 10.8 Å². The number of hydrogen-bond donors (Lipinski definition) is 1. The van der Waals surface area contributed by atoms with Crippen LogP contribution in [0.3, 0.4) is 0 Å². The maximum Gasteiger partial charge on any atom is 0.109 e. The minimum Gasteiger partial charge on any atom is -0.335 e. The Kier molecular flexibility index (Phi) is 2.09. The first-order chi connectivity index (χ1) is 7.28. The van der Waals surface area contributed by atoms with E-state index < -0.39 is 0 Å². The zero-order valence-corrected chi connectivity index (χ0v) is 9.21. The van der Waals surface area contributed by atoms with Gasteiger partial charge in [0.25, 0.3) is 0 Å². The largest absolute Gasteiger partial charge is 0.335 e. The summed E-state index contributed by atoms with van der Waals surface area (Å²) in [5.74, 6) is 1.26. The first-order valence-corrected chi connectivity index (χ1v) is 6.13. The SMILES string of the molecule is NC1(c2cn3c(n2)CCCC3)CCCC1. The van der Waals surface area contributed by atoms with Gasteiger partial charge in [0.15, 0.2) is 0 Å². The number of hydrogen-bond acceptors (Lipinski definition) is 2. The van der Waals surface area contributed by atoms with Crippen LogP contribution >= 0.6 is 0 Å². The van der Waals surface area contributed by atoms with Crippen LogP contribution in [0.15, 0.2) is 6.20 Å². The Labute approximate surface area is 90.7 Å². The number of fused-ring (bicyclic) bond motifs is 1. The predicted octanol–water partition coefficient (Wildman–Crippen LogP) is 1.95. The van der Waals surface area contributed by atoms with Crippen LogP contribution in [0.1, 0.15) is 50.0 Å². The fourth-order valence-electron chi connectivity index (χ4n) is 2.91. The lowest BCUT2D eigenvalue weighted by atomic mass is 9.96. The molecule has 1 aromatic rings. The highest BCUT2D eigenvalue weighted by Gasteiger charge is 2.34. The third-order valence-corrected chi connectivity index (χ3v) is 3.91. The van der Waals surface area contributed by atoms with Crippen molar-refractivity contribution in [3.05, 3.63) is 17.7 Å². The summed E-state index contributed by atoms with van der Waals surface area (Å²) in [4.78, 5) is 4.74. The average molecular weight is 205 g/mol. The first kappa shape index (κ1) is 9.40. The molecule has 3 rings (SSSR count). The second kappa shape index (κ2) is 3.34. The van der Waals surface area contributed by atoms with Crippen LogP contribution in [0, 0.1) is 0 Å². The highest BCUT2D eigenvalue weighted by atomic mass is 15.1. The molecule has 1 fully saturated rings. The van der Waals surface area contributed by atoms with Gasteiger partial charge in [-0.05, 0) is 25.7 Å². The van der Waals surface area contributed by atoms with Gasteiger partial charge < -0.3 is 10.3 Å². The van der Waals surface area contributed by atoms with Gasteiger partial charge >= 0.3 is 0 Å². The molecule has 1 aliphatic heterocycles. The second-order valence-corrected chi connectivity index (χ2v) is 5.06. The standard InChI is InChI=1S/C12H19N3/c13-12(6-2-3-7-12)10-9-15-8-4-1-5-11(15)14-10/h9H,1-8,13H2. The van der Waals surface area contributed by atoms with E-state index in [0.717, 1.165) is 31.5 Å². The molecule has 2 N–H and O–H groups in total. The summed E-state index contributed by atoms with van der Waals surface area (Å²) in [7, 11) is 0. The number of rotatable bonds is 1. The molecule has 0 bridgehead atoms. The second-order valence-electron chi connectivity index (χ2n) is 5.06. The smallest absolute Gasteiger partial charge is 0.109 e. The van der Waals surface area contributed by atoms with Gasteiger partial charge in [0.1, 0.15) is 5.82 Å². The van der Waals surface area contributed by atoms with E-state index in [9.17, 15) is 0 Å². The van der Waals surface area contributed by atoms with E-state index in [4.69, 9.17) is 10.7 Å². The highest BCUT2D eigenvalue weighted by molar-refractivity contribution is 5.17. The van der Waals surface area contributed by atoms with Crippen molar-refractivity contribution in [3.63, 3.8) is 0 Å². The maximum absolute atomic E-state index is 6.42. The van der Waals surface area contributed by atoms with E-state index >= 15 is 0 Å². The van der Waals surface area contributed by atoms with Crippen LogP contribution in [-0.2, 0) is 18.5 Å². The highest BCUT2D eigenvalue weighted by Crippen LogP contribution is 2.36. The summed E-state index contributed by atoms with van der Waals surface area (Å²) in [5.41, 5.74) is 7.46. The predicted molar refractivity (Wildman–Crippen MR) is 59.5 cm³/mol. The van der Waals surface area contributed by atoms with Gasteiger partial charge in [-0.1, -0.05) is 12.8 Å². The van der Waals surface area contributed by atoms with Crippen molar-refractivity contribution in [1.82, 2.24) is 9.55 Å². The Bertz CT molecular complexity index is 337. The molecule has 2 heterocycles. The Morgan fingerprint density at radius 2 is 2.00 bits per heavy atom. The van der Waals surface area contributed by atoms with E-state index in [0.29, 0.717) is 0 Å². The van der Waals surface area contributed by atoms with E-state index in [1.54, 1.807) is 0 Å². The van der Waals surface area contributed by atoms with Crippen LogP contribution < -0.4 is 5.73 Å². The van der Waals surface area contributed by atoms with E-state index in [1.165, 1.54) is 31.5 Å². The van der Waals surface area contributed by atoms with Crippen LogP contribution in [-0.4, -0.2) is 9.55 Å². The number of aryl methyl sites for hydroxylation is 2. The summed E-state index contributed by atoms with van der Waals surface area (Å²) in [6.07, 6.45) is 10.7. The summed E-state index contributed by atoms with van der Waals surface area (Å²) >= 11 is 0. The molecule has 0 unspecified atom stereocenters. The van der Waals surface area contributed by atoms with Crippen molar-refractivity contribution in [3.8, 4) is 0 Å². The van der Waals surface area contributed by atoms with Gasteiger partial charge in [-0.25, -0.2) is 4.98 Å². The zero-order chi connectivity index (χ0) is 10.3. The average Bonchev–Trinajstić information content (AvgIpc) is 2.84. The molecule has 1 saturated carbocycles. The van der Waals surface area contributed by atoms with Gasteiger partial charge in [0.05, 0.1) is 11.2 Å². The quantitative estimate of drug-likeness (QED) is 0.761. The normalized spacial score (nSPS) is 24.1. The fraction of sp³-hybridized carbons (Fsp3) is 0.750. The van der Waals surface area contributed by atoms with Crippen molar-refractivity contribution < 1.29 is 0 Å². The van der Waals surface area contributed by atoms with Gasteiger partial charge in [-0.15, -0.1) is 0 Å². The summed E-state index contributed by atoms with van der Waals surface area (Å²) in [6.45, 7) is 1.14. The lowest BCUT2D eigenvalue weighted by Crippen LogP contribution is -2.33.